The number of anilines is 1. The molecular weight excluding hydrogens is 252 g/mol. The zero-order chi connectivity index (χ0) is 13.8. The molecule has 5 nitrogen and oxygen atoms in total. The van der Waals surface area contributed by atoms with E-state index in [1.165, 1.54) is 25.7 Å². The fraction of sp³-hybridized carbons (Fsp3) is 0.467. The second-order valence-electron chi connectivity index (χ2n) is 5.19. The van der Waals surface area contributed by atoms with Crippen LogP contribution in [0.5, 0.6) is 0 Å². The maximum absolute atomic E-state index is 5.93. The van der Waals surface area contributed by atoms with Gasteiger partial charge in [-0.2, -0.15) is 0 Å². The van der Waals surface area contributed by atoms with Crippen LogP contribution in [0.15, 0.2) is 30.9 Å². The van der Waals surface area contributed by atoms with Gasteiger partial charge in [-0.3, -0.25) is 0 Å². The lowest BCUT2D eigenvalue weighted by Crippen LogP contribution is -2.13. The summed E-state index contributed by atoms with van der Waals surface area (Å²) in [6.45, 7) is 1.51. The molecule has 2 N–H and O–H groups in total. The first-order valence-corrected chi connectivity index (χ1v) is 7.17. The molecule has 0 aromatic carbocycles. The average Bonchev–Trinajstić information content (AvgIpc) is 3.11. The molecule has 2 aromatic heterocycles. The molecule has 1 aliphatic carbocycles. The predicted octanol–water partition coefficient (Wildman–Crippen LogP) is 2.49. The van der Waals surface area contributed by atoms with E-state index in [9.17, 15) is 0 Å². The van der Waals surface area contributed by atoms with E-state index in [1.807, 2.05) is 24.7 Å². The quantitative estimate of drug-likeness (QED) is 0.908. The summed E-state index contributed by atoms with van der Waals surface area (Å²) >= 11 is 0. The number of nitrogens with zero attached hydrogens (tertiary/aromatic N) is 3. The summed E-state index contributed by atoms with van der Waals surface area (Å²) in [7, 11) is 0. The van der Waals surface area contributed by atoms with Gasteiger partial charge in [-0.1, -0.05) is 12.8 Å². The largest absolute Gasteiger partial charge is 0.383 e. The zero-order valence-corrected chi connectivity index (χ0v) is 11.5. The van der Waals surface area contributed by atoms with Crippen molar-refractivity contribution in [2.45, 2.75) is 38.3 Å². The van der Waals surface area contributed by atoms with E-state index in [-0.39, 0.29) is 0 Å². The van der Waals surface area contributed by atoms with Gasteiger partial charge in [0.05, 0.1) is 30.9 Å². The molecule has 5 heteroatoms. The van der Waals surface area contributed by atoms with Gasteiger partial charge < -0.3 is 15.0 Å². The molecule has 20 heavy (non-hydrogen) atoms. The van der Waals surface area contributed by atoms with Crippen LogP contribution < -0.4 is 5.73 Å². The Bertz CT molecular complexity index is 561. The molecule has 0 saturated heterocycles. The highest BCUT2D eigenvalue weighted by molar-refractivity contribution is 5.70. The number of nitrogen functional groups attached to an aromatic ring is 1. The Balaban J connectivity index is 1.66. The molecule has 0 unspecified atom stereocenters. The van der Waals surface area contributed by atoms with Gasteiger partial charge in [0.25, 0.3) is 0 Å². The first-order chi connectivity index (χ1) is 9.84. The van der Waals surface area contributed by atoms with Crippen LogP contribution in [0.4, 0.5) is 5.82 Å². The summed E-state index contributed by atoms with van der Waals surface area (Å²) in [6, 6.07) is 3.85. The Morgan fingerprint density at radius 2 is 2.20 bits per heavy atom. The standard InChI is InChI=1S/C15H20N4O/c16-15-13(6-3-7-18-15)14-10-17-11-19(14)8-9-20-12-4-1-2-5-12/h3,6-7,10-12H,1-2,4-5,8-9H2,(H2,16,18). The maximum atomic E-state index is 5.93. The number of imidazole rings is 1. The van der Waals surface area contributed by atoms with Crippen molar-refractivity contribution in [1.82, 2.24) is 14.5 Å². The summed E-state index contributed by atoms with van der Waals surface area (Å²) in [5.74, 6) is 0.533. The molecule has 3 rings (SSSR count). The summed E-state index contributed by atoms with van der Waals surface area (Å²) < 4.78 is 7.97. The first kappa shape index (κ1) is 13.1. The lowest BCUT2D eigenvalue weighted by molar-refractivity contribution is 0.0531. The molecule has 1 aliphatic rings. The van der Waals surface area contributed by atoms with Crippen molar-refractivity contribution < 1.29 is 4.74 Å². The lowest BCUT2D eigenvalue weighted by atomic mass is 10.2. The predicted molar refractivity (Wildman–Crippen MR) is 78.1 cm³/mol. The van der Waals surface area contributed by atoms with Gasteiger partial charge in [-0.05, 0) is 25.0 Å². The van der Waals surface area contributed by atoms with Crippen LogP contribution >= 0.6 is 0 Å². The van der Waals surface area contributed by atoms with Crippen molar-refractivity contribution in [3.8, 4) is 11.3 Å². The lowest BCUT2D eigenvalue weighted by Gasteiger charge is -2.13. The van der Waals surface area contributed by atoms with Crippen LogP contribution in [0, 0.1) is 0 Å². The molecule has 1 fully saturated rings. The summed E-state index contributed by atoms with van der Waals surface area (Å²) in [5, 5.41) is 0. The number of ether oxygens (including phenoxy) is 1. The topological polar surface area (TPSA) is 66.0 Å². The smallest absolute Gasteiger partial charge is 0.132 e. The maximum Gasteiger partial charge on any atom is 0.132 e. The van der Waals surface area contributed by atoms with Gasteiger partial charge in [0.15, 0.2) is 0 Å². The van der Waals surface area contributed by atoms with Gasteiger partial charge in [-0.15, -0.1) is 0 Å². The molecule has 0 radical (unpaired) electrons. The number of pyridine rings is 1. The van der Waals surface area contributed by atoms with Crippen LogP contribution in [0.3, 0.4) is 0 Å². The van der Waals surface area contributed by atoms with E-state index in [4.69, 9.17) is 10.5 Å². The minimum atomic E-state index is 0.449. The number of hydrogen-bond donors (Lipinski definition) is 1. The Morgan fingerprint density at radius 3 is 3.00 bits per heavy atom. The van der Waals surface area contributed by atoms with Gasteiger partial charge >= 0.3 is 0 Å². The van der Waals surface area contributed by atoms with Gasteiger partial charge in [0.2, 0.25) is 0 Å². The molecule has 2 aromatic rings. The van der Waals surface area contributed by atoms with E-state index in [0.717, 1.165) is 17.8 Å². The highest BCUT2D eigenvalue weighted by Crippen LogP contribution is 2.24. The molecule has 0 spiro atoms. The van der Waals surface area contributed by atoms with E-state index >= 15 is 0 Å². The van der Waals surface area contributed by atoms with Crippen molar-refractivity contribution in [2.24, 2.45) is 0 Å². The molecule has 0 amide bonds. The van der Waals surface area contributed by atoms with Crippen LogP contribution in [-0.2, 0) is 11.3 Å². The van der Waals surface area contributed by atoms with E-state index in [1.54, 1.807) is 6.20 Å². The second kappa shape index (κ2) is 6.05. The Hall–Kier alpha value is -1.88. The molecule has 1 saturated carbocycles. The molecular formula is C15H20N4O. The van der Waals surface area contributed by atoms with Crippen molar-refractivity contribution in [1.29, 1.82) is 0 Å². The summed E-state index contributed by atoms with van der Waals surface area (Å²) in [5.41, 5.74) is 7.84. The monoisotopic (exact) mass is 272 g/mol. The Morgan fingerprint density at radius 1 is 1.35 bits per heavy atom. The zero-order valence-electron chi connectivity index (χ0n) is 11.5. The minimum Gasteiger partial charge on any atom is -0.383 e. The number of hydrogen-bond acceptors (Lipinski definition) is 4. The Labute approximate surface area is 118 Å². The third kappa shape index (κ3) is 2.82. The van der Waals surface area contributed by atoms with Crippen molar-refractivity contribution in [3.05, 3.63) is 30.9 Å². The molecule has 2 heterocycles. The number of rotatable bonds is 5. The number of nitrogens with two attached hydrogens (primary N) is 1. The normalized spacial score (nSPS) is 15.8. The van der Waals surface area contributed by atoms with E-state index in [2.05, 4.69) is 14.5 Å². The van der Waals surface area contributed by atoms with Crippen molar-refractivity contribution in [2.75, 3.05) is 12.3 Å². The van der Waals surface area contributed by atoms with E-state index in [0.29, 0.717) is 18.5 Å². The summed E-state index contributed by atoms with van der Waals surface area (Å²) in [4.78, 5) is 8.34. The van der Waals surface area contributed by atoms with Crippen molar-refractivity contribution >= 4 is 5.82 Å². The van der Waals surface area contributed by atoms with Crippen LogP contribution in [0.1, 0.15) is 25.7 Å². The first-order valence-electron chi connectivity index (χ1n) is 7.17. The highest BCUT2D eigenvalue weighted by Gasteiger charge is 2.15. The number of aromatic nitrogens is 3. The Kier molecular flexibility index (Phi) is 3.97. The molecule has 0 bridgehead atoms. The average molecular weight is 272 g/mol. The highest BCUT2D eigenvalue weighted by atomic mass is 16.5. The molecule has 0 atom stereocenters. The van der Waals surface area contributed by atoms with E-state index < -0.39 is 0 Å². The van der Waals surface area contributed by atoms with Crippen molar-refractivity contribution in [3.63, 3.8) is 0 Å². The van der Waals surface area contributed by atoms with Gasteiger partial charge in [-0.25, -0.2) is 9.97 Å². The van der Waals surface area contributed by atoms with Crippen LogP contribution in [0.25, 0.3) is 11.3 Å². The second-order valence-corrected chi connectivity index (χ2v) is 5.19. The summed E-state index contributed by atoms with van der Waals surface area (Å²) in [6.07, 6.45) is 10.8. The third-order valence-corrected chi connectivity index (χ3v) is 3.81. The molecule has 0 aliphatic heterocycles. The van der Waals surface area contributed by atoms with Gasteiger partial charge in [0.1, 0.15) is 5.82 Å². The fourth-order valence-corrected chi connectivity index (χ4v) is 2.73. The SMILES string of the molecule is Nc1ncccc1-c1cncn1CCOC1CCCC1. The fourth-order valence-electron chi connectivity index (χ4n) is 2.73. The minimum absolute atomic E-state index is 0.449. The van der Waals surface area contributed by atoms with Gasteiger partial charge in [0, 0.05) is 18.3 Å². The van der Waals surface area contributed by atoms with Crippen LogP contribution in [0.2, 0.25) is 0 Å². The molecule has 106 valence electrons. The third-order valence-electron chi connectivity index (χ3n) is 3.81. The van der Waals surface area contributed by atoms with Crippen LogP contribution in [-0.4, -0.2) is 27.2 Å².